The number of fused-ring (bicyclic) bond motifs is 1. The number of nitrogens with zero attached hydrogens (tertiary/aromatic N) is 4. The molecule has 0 radical (unpaired) electrons. The average Bonchev–Trinajstić information content (AvgIpc) is 3.02. The van der Waals surface area contributed by atoms with Crippen LogP contribution in [0.1, 0.15) is 24.8 Å². The number of imidazole rings is 1. The second-order valence-corrected chi connectivity index (χ2v) is 7.08. The Kier molecular flexibility index (Phi) is 6.74. The molecule has 0 amide bonds. The normalized spacial score (nSPS) is 14.4. The summed E-state index contributed by atoms with van der Waals surface area (Å²) >= 11 is 3.28. The van der Waals surface area contributed by atoms with Gasteiger partial charge in [0.25, 0.3) is 0 Å². The SMILES string of the molecule is N#Cc1ccccc1.O=c1[nH]c2ncc(Br)nc2n1CCC1CCOCC1. The Bertz CT molecular complexity index is 971. The van der Waals surface area contributed by atoms with Crippen molar-refractivity contribution in [3.63, 3.8) is 0 Å². The largest absolute Gasteiger partial charge is 0.381 e. The van der Waals surface area contributed by atoms with Crippen LogP contribution in [0.2, 0.25) is 0 Å². The third-order valence-corrected chi connectivity index (χ3v) is 4.84. The summed E-state index contributed by atoms with van der Waals surface area (Å²) in [6.07, 6.45) is 4.71. The molecule has 1 saturated heterocycles. The predicted octanol–water partition coefficient (Wildman–Crippen LogP) is 3.26. The molecule has 0 unspecified atom stereocenters. The van der Waals surface area contributed by atoms with E-state index in [0.29, 0.717) is 33.9 Å². The molecular formula is C19H20BrN5O2. The van der Waals surface area contributed by atoms with Crippen LogP contribution >= 0.6 is 15.9 Å². The van der Waals surface area contributed by atoms with Gasteiger partial charge in [-0.05, 0) is 53.2 Å². The highest BCUT2D eigenvalue weighted by Gasteiger charge is 2.16. The molecule has 4 rings (SSSR count). The van der Waals surface area contributed by atoms with Crippen LogP contribution < -0.4 is 5.69 Å². The molecule has 0 spiro atoms. The Balaban J connectivity index is 0.000000221. The van der Waals surface area contributed by atoms with Gasteiger partial charge in [0.1, 0.15) is 4.60 Å². The van der Waals surface area contributed by atoms with Crippen molar-refractivity contribution in [3.05, 3.63) is 57.2 Å². The molecule has 0 aliphatic carbocycles. The van der Waals surface area contributed by atoms with Crippen molar-refractivity contribution in [2.75, 3.05) is 13.2 Å². The third kappa shape index (κ3) is 5.25. The highest BCUT2D eigenvalue weighted by atomic mass is 79.9. The molecule has 3 heterocycles. The quantitative estimate of drug-likeness (QED) is 0.688. The molecule has 0 saturated carbocycles. The average molecular weight is 430 g/mol. The van der Waals surface area contributed by atoms with E-state index in [1.807, 2.05) is 24.3 Å². The summed E-state index contributed by atoms with van der Waals surface area (Å²) in [6.45, 7) is 2.34. The number of aromatic nitrogens is 4. The van der Waals surface area contributed by atoms with Crippen LogP contribution in [0.5, 0.6) is 0 Å². The topological polar surface area (TPSA) is 96.6 Å². The van der Waals surface area contributed by atoms with Crippen molar-refractivity contribution in [3.8, 4) is 6.07 Å². The summed E-state index contributed by atoms with van der Waals surface area (Å²) in [4.78, 5) is 23.1. The molecule has 1 N–H and O–H groups in total. The van der Waals surface area contributed by atoms with Gasteiger partial charge < -0.3 is 4.74 Å². The summed E-state index contributed by atoms with van der Waals surface area (Å²) in [5.74, 6) is 0.630. The monoisotopic (exact) mass is 429 g/mol. The molecular weight excluding hydrogens is 410 g/mol. The van der Waals surface area contributed by atoms with Crippen LogP contribution in [-0.4, -0.2) is 32.7 Å². The van der Waals surface area contributed by atoms with Crippen molar-refractivity contribution in [2.45, 2.75) is 25.8 Å². The number of ether oxygens (including phenoxy) is 1. The first-order valence-corrected chi connectivity index (χ1v) is 9.60. The predicted molar refractivity (Wildman–Crippen MR) is 105 cm³/mol. The minimum absolute atomic E-state index is 0.139. The minimum atomic E-state index is -0.139. The van der Waals surface area contributed by atoms with E-state index in [4.69, 9.17) is 10.00 Å². The van der Waals surface area contributed by atoms with E-state index < -0.39 is 0 Å². The summed E-state index contributed by atoms with van der Waals surface area (Å²) in [6, 6.07) is 11.2. The fourth-order valence-corrected chi connectivity index (χ4v) is 3.24. The van der Waals surface area contributed by atoms with Gasteiger partial charge in [-0.3, -0.25) is 9.55 Å². The highest BCUT2D eigenvalue weighted by Crippen LogP contribution is 2.19. The highest BCUT2D eigenvalue weighted by molar-refractivity contribution is 9.10. The molecule has 2 aromatic heterocycles. The van der Waals surface area contributed by atoms with Crippen molar-refractivity contribution in [1.29, 1.82) is 5.26 Å². The van der Waals surface area contributed by atoms with Crippen molar-refractivity contribution in [2.24, 2.45) is 5.92 Å². The lowest BCUT2D eigenvalue weighted by molar-refractivity contribution is 0.0626. The number of nitrogens with one attached hydrogen (secondary N) is 1. The van der Waals surface area contributed by atoms with Crippen LogP contribution in [0.15, 0.2) is 45.9 Å². The van der Waals surface area contributed by atoms with Gasteiger partial charge in [-0.2, -0.15) is 5.26 Å². The van der Waals surface area contributed by atoms with Crippen LogP contribution in [-0.2, 0) is 11.3 Å². The second kappa shape index (κ2) is 9.44. The standard InChI is InChI=1S/C12H15BrN4O2.C7H5N/c13-9-7-14-10-11(15-9)17(12(18)16-10)4-1-8-2-5-19-6-3-8;8-6-7-4-2-1-3-5-7/h7-8H,1-6H2,(H,14,16,18);1-5H. The van der Waals surface area contributed by atoms with Crippen LogP contribution in [0.4, 0.5) is 0 Å². The molecule has 1 aromatic carbocycles. The summed E-state index contributed by atoms with van der Waals surface area (Å²) in [7, 11) is 0. The third-order valence-electron chi connectivity index (χ3n) is 4.46. The molecule has 140 valence electrons. The Hall–Kier alpha value is -2.50. The van der Waals surface area contributed by atoms with Gasteiger partial charge in [-0.25, -0.2) is 14.8 Å². The number of H-pyrrole nitrogens is 1. The molecule has 0 atom stereocenters. The van der Waals surface area contributed by atoms with Crippen LogP contribution in [0.3, 0.4) is 0 Å². The number of hydrogen-bond acceptors (Lipinski definition) is 5. The number of benzene rings is 1. The molecule has 8 heteroatoms. The summed E-state index contributed by atoms with van der Waals surface area (Å²) in [5, 5.41) is 8.29. The second-order valence-electron chi connectivity index (χ2n) is 6.27. The van der Waals surface area contributed by atoms with Crippen LogP contribution in [0.25, 0.3) is 11.3 Å². The Labute approximate surface area is 165 Å². The first-order valence-electron chi connectivity index (χ1n) is 8.81. The lowest BCUT2D eigenvalue weighted by Crippen LogP contribution is -2.22. The lowest BCUT2D eigenvalue weighted by Gasteiger charge is -2.21. The number of aryl methyl sites for hydroxylation is 1. The van der Waals surface area contributed by atoms with Gasteiger partial charge in [-0.1, -0.05) is 18.2 Å². The molecule has 0 bridgehead atoms. The maximum absolute atomic E-state index is 11.9. The fourth-order valence-electron chi connectivity index (χ4n) is 2.97. The Morgan fingerprint density at radius 3 is 2.70 bits per heavy atom. The Morgan fingerprint density at radius 1 is 1.30 bits per heavy atom. The van der Waals surface area contributed by atoms with E-state index in [-0.39, 0.29) is 5.69 Å². The van der Waals surface area contributed by atoms with Crippen LogP contribution in [0, 0.1) is 17.2 Å². The molecule has 1 aliphatic heterocycles. The molecule has 27 heavy (non-hydrogen) atoms. The van der Waals surface area contributed by atoms with E-state index in [1.165, 1.54) is 0 Å². The summed E-state index contributed by atoms with van der Waals surface area (Å²) in [5.41, 5.74) is 1.74. The van der Waals surface area contributed by atoms with Gasteiger partial charge in [0.2, 0.25) is 0 Å². The summed E-state index contributed by atoms with van der Waals surface area (Å²) < 4.78 is 7.65. The van der Waals surface area contributed by atoms with E-state index >= 15 is 0 Å². The van der Waals surface area contributed by atoms with Gasteiger partial charge in [0, 0.05) is 19.8 Å². The molecule has 7 nitrogen and oxygen atoms in total. The number of halogens is 1. The van der Waals surface area contributed by atoms with Gasteiger partial charge in [0.15, 0.2) is 11.3 Å². The molecule has 3 aromatic rings. The zero-order chi connectivity index (χ0) is 19.1. The Morgan fingerprint density at radius 2 is 2.04 bits per heavy atom. The first kappa shape index (κ1) is 19.3. The lowest BCUT2D eigenvalue weighted by atomic mass is 9.97. The maximum Gasteiger partial charge on any atom is 0.328 e. The smallest absolute Gasteiger partial charge is 0.328 e. The van der Waals surface area contributed by atoms with E-state index in [9.17, 15) is 4.79 Å². The number of rotatable bonds is 3. The zero-order valence-electron chi connectivity index (χ0n) is 14.8. The van der Waals surface area contributed by atoms with E-state index in [2.05, 4.69) is 30.9 Å². The van der Waals surface area contributed by atoms with Gasteiger partial charge >= 0.3 is 5.69 Å². The minimum Gasteiger partial charge on any atom is -0.381 e. The maximum atomic E-state index is 11.9. The molecule has 1 aliphatic rings. The van der Waals surface area contributed by atoms with Gasteiger partial charge in [0.05, 0.1) is 17.8 Å². The molecule has 1 fully saturated rings. The number of aromatic amines is 1. The van der Waals surface area contributed by atoms with Crippen molar-refractivity contribution < 1.29 is 4.74 Å². The fraction of sp³-hybridized carbons (Fsp3) is 0.368. The van der Waals surface area contributed by atoms with Crippen molar-refractivity contribution >= 4 is 27.2 Å². The number of hydrogen-bond donors (Lipinski definition) is 1. The number of nitriles is 1. The van der Waals surface area contributed by atoms with E-state index in [0.717, 1.165) is 32.5 Å². The van der Waals surface area contributed by atoms with Gasteiger partial charge in [-0.15, -0.1) is 0 Å². The zero-order valence-corrected chi connectivity index (χ0v) is 16.4. The van der Waals surface area contributed by atoms with E-state index in [1.54, 1.807) is 22.9 Å². The first-order chi connectivity index (χ1) is 13.2. The van der Waals surface area contributed by atoms with Crippen molar-refractivity contribution in [1.82, 2.24) is 19.5 Å².